The Morgan fingerprint density at radius 2 is 2.00 bits per heavy atom. The van der Waals surface area contributed by atoms with E-state index >= 15 is 0 Å². The highest BCUT2D eigenvalue weighted by molar-refractivity contribution is 7.92. The van der Waals surface area contributed by atoms with E-state index in [0.29, 0.717) is 17.8 Å². The molecule has 3 aromatic rings. The van der Waals surface area contributed by atoms with Crippen LogP contribution in [0.15, 0.2) is 50.5 Å². The van der Waals surface area contributed by atoms with E-state index < -0.39 is 15.8 Å². The van der Waals surface area contributed by atoms with E-state index in [-0.39, 0.29) is 10.5 Å². The summed E-state index contributed by atoms with van der Waals surface area (Å²) < 4.78 is 38.1. The van der Waals surface area contributed by atoms with Gasteiger partial charge in [-0.15, -0.1) is 0 Å². The third-order valence-corrected chi connectivity index (χ3v) is 5.24. The van der Waals surface area contributed by atoms with Gasteiger partial charge < -0.3 is 9.15 Å². The van der Waals surface area contributed by atoms with Crippen molar-refractivity contribution in [3.8, 4) is 5.75 Å². The van der Waals surface area contributed by atoms with Crippen molar-refractivity contribution in [2.45, 2.75) is 17.7 Å². The number of benzene rings is 2. The van der Waals surface area contributed by atoms with Gasteiger partial charge in [-0.25, -0.2) is 13.2 Å². The van der Waals surface area contributed by atoms with Crippen LogP contribution in [-0.4, -0.2) is 20.0 Å². The highest BCUT2D eigenvalue weighted by Gasteiger charge is 2.18. The van der Waals surface area contributed by atoms with Crippen LogP contribution < -0.4 is 15.2 Å². The van der Waals surface area contributed by atoms with Crippen LogP contribution in [0.3, 0.4) is 0 Å². The molecule has 1 aromatic heterocycles. The Morgan fingerprint density at radius 3 is 2.88 bits per heavy atom. The van der Waals surface area contributed by atoms with Crippen molar-refractivity contribution in [2.24, 2.45) is 0 Å². The van der Waals surface area contributed by atoms with E-state index in [1.54, 1.807) is 18.2 Å². The van der Waals surface area contributed by atoms with E-state index in [9.17, 15) is 13.2 Å². The summed E-state index contributed by atoms with van der Waals surface area (Å²) in [6, 6.07) is 9.43. The van der Waals surface area contributed by atoms with Gasteiger partial charge in [-0.1, -0.05) is 0 Å². The first-order valence-corrected chi connectivity index (χ1v) is 8.91. The lowest BCUT2D eigenvalue weighted by atomic mass is 10.1. The first-order chi connectivity index (χ1) is 11.5. The molecule has 0 atom stereocenters. The maximum atomic E-state index is 12.5. The zero-order chi connectivity index (χ0) is 16.7. The molecule has 7 nitrogen and oxygen atoms in total. The molecule has 0 unspecified atom stereocenters. The number of ether oxygens (including phenoxy) is 1. The van der Waals surface area contributed by atoms with Crippen LogP contribution in [0.2, 0.25) is 0 Å². The Hall–Kier alpha value is -2.74. The summed E-state index contributed by atoms with van der Waals surface area (Å²) in [6.07, 6.45) is 1.76. The molecular weight excluding hydrogens is 332 g/mol. The second-order valence-corrected chi connectivity index (χ2v) is 7.23. The van der Waals surface area contributed by atoms with E-state index in [0.717, 1.165) is 24.2 Å². The van der Waals surface area contributed by atoms with Crippen molar-refractivity contribution in [1.29, 1.82) is 0 Å². The largest absolute Gasteiger partial charge is 0.493 e. The number of aromatic amines is 1. The fourth-order valence-corrected chi connectivity index (χ4v) is 3.80. The van der Waals surface area contributed by atoms with Crippen LogP contribution in [0, 0.1) is 0 Å². The fraction of sp³-hybridized carbons (Fsp3) is 0.188. The summed E-state index contributed by atoms with van der Waals surface area (Å²) in [5.74, 6) is 0.168. The van der Waals surface area contributed by atoms with Gasteiger partial charge in [0.25, 0.3) is 10.0 Å². The molecular formula is C16H14N2O5S. The first kappa shape index (κ1) is 14.8. The highest BCUT2D eigenvalue weighted by Crippen LogP contribution is 2.28. The minimum atomic E-state index is -3.79. The van der Waals surface area contributed by atoms with Gasteiger partial charge in [0.1, 0.15) is 5.75 Å². The number of aryl methyl sites for hydroxylation is 1. The van der Waals surface area contributed by atoms with Gasteiger partial charge in [0.2, 0.25) is 0 Å². The monoisotopic (exact) mass is 346 g/mol. The van der Waals surface area contributed by atoms with Crippen molar-refractivity contribution in [3.05, 3.63) is 52.5 Å². The van der Waals surface area contributed by atoms with Crippen molar-refractivity contribution in [3.63, 3.8) is 0 Å². The number of hydrogen-bond donors (Lipinski definition) is 2. The summed E-state index contributed by atoms with van der Waals surface area (Å²) in [5, 5.41) is 0. The van der Waals surface area contributed by atoms with Crippen LogP contribution in [0.4, 0.5) is 5.69 Å². The number of rotatable bonds is 3. The fourth-order valence-electron chi connectivity index (χ4n) is 2.73. The second-order valence-electron chi connectivity index (χ2n) is 5.55. The van der Waals surface area contributed by atoms with Gasteiger partial charge in [0.05, 0.1) is 17.0 Å². The van der Waals surface area contributed by atoms with Crippen molar-refractivity contribution in [1.82, 2.24) is 4.98 Å². The molecule has 124 valence electrons. The molecule has 0 saturated heterocycles. The predicted octanol–water partition coefficient (Wildman–Crippen LogP) is 2.25. The standard InChI is InChI=1S/C16H14N2O5S/c19-16-17-13-5-4-12(9-15(13)23-16)24(20,21)18-11-3-6-14-10(8-11)2-1-7-22-14/h3-6,8-9,18H,1-2,7H2,(H,17,19). The molecule has 0 radical (unpaired) electrons. The molecule has 8 heteroatoms. The maximum absolute atomic E-state index is 12.5. The summed E-state index contributed by atoms with van der Waals surface area (Å²) in [5.41, 5.74) is 2.09. The average molecular weight is 346 g/mol. The van der Waals surface area contributed by atoms with Crippen molar-refractivity contribution >= 4 is 26.8 Å². The van der Waals surface area contributed by atoms with Crippen LogP contribution in [0.5, 0.6) is 5.75 Å². The lowest BCUT2D eigenvalue weighted by molar-refractivity contribution is 0.288. The van der Waals surface area contributed by atoms with Crippen molar-refractivity contribution in [2.75, 3.05) is 11.3 Å². The molecule has 4 rings (SSSR count). The van der Waals surface area contributed by atoms with Gasteiger partial charge in [-0.3, -0.25) is 9.71 Å². The predicted molar refractivity (Wildman–Crippen MR) is 87.9 cm³/mol. The minimum absolute atomic E-state index is 0.0201. The van der Waals surface area contributed by atoms with Gasteiger partial charge in [-0.2, -0.15) is 0 Å². The number of fused-ring (bicyclic) bond motifs is 2. The number of H-pyrrole nitrogens is 1. The van der Waals surface area contributed by atoms with E-state index in [4.69, 9.17) is 9.15 Å². The molecule has 24 heavy (non-hydrogen) atoms. The summed E-state index contributed by atoms with van der Waals surface area (Å²) in [6.45, 7) is 0.681. The minimum Gasteiger partial charge on any atom is -0.493 e. The van der Waals surface area contributed by atoms with Gasteiger partial charge in [0, 0.05) is 11.8 Å². The second kappa shape index (κ2) is 5.41. The van der Waals surface area contributed by atoms with Crippen LogP contribution in [-0.2, 0) is 16.4 Å². The molecule has 2 heterocycles. The molecule has 0 saturated carbocycles. The molecule has 1 aliphatic rings. The Balaban J connectivity index is 1.67. The molecule has 0 aliphatic carbocycles. The van der Waals surface area contributed by atoms with Crippen LogP contribution in [0.1, 0.15) is 12.0 Å². The number of sulfonamides is 1. The molecule has 0 fully saturated rings. The van der Waals surface area contributed by atoms with Crippen LogP contribution in [0.25, 0.3) is 11.1 Å². The topological polar surface area (TPSA) is 101 Å². The SMILES string of the molecule is O=c1[nH]c2ccc(S(=O)(=O)Nc3ccc4c(c3)CCCO4)cc2o1. The van der Waals surface area contributed by atoms with Gasteiger partial charge in [0.15, 0.2) is 5.58 Å². The molecule has 0 amide bonds. The normalized spacial score (nSPS) is 14.2. The smallest absolute Gasteiger partial charge is 0.417 e. The van der Waals surface area contributed by atoms with E-state index in [1.165, 1.54) is 18.2 Å². The summed E-state index contributed by atoms with van der Waals surface area (Å²) >= 11 is 0. The number of nitrogens with one attached hydrogen (secondary N) is 2. The van der Waals surface area contributed by atoms with E-state index in [2.05, 4.69) is 9.71 Å². The lowest BCUT2D eigenvalue weighted by Crippen LogP contribution is -2.14. The maximum Gasteiger partial charge on any atom is 0.417 e. The molecule has 2 aromatic carbocycles. The summed E-state index contributed by atoms with van der Waals surface area (Å²) in [7, 11) is -3.79. The third-order valence-electron chi connectivity index (χ3n) is 3.86. The molecule has 2 N–H and O–H groups in total. The third kappa shape index (κ3) is 2.65. The summed E-state index contributed by atoms with van der Waals surface area (Å²) in [4.78, 5) is 13.7. The molecule has 0 bridgehead atoms. The Kier molecular flexibility index (Phi) is 3.34. The molecule has 0 spiro atoms. The highest BCUT2D eigenvalue weighted by atomic mass is 32.2. The Labute approximate surface area is 137 Å². The Morgan fingerprint density at radius 1 is 1.12 bits per heavy atom. The number of aromatic nitrogens is 1. The zero-order valence-electron chi connectivity index (χ0n) is 12.5. The van der Waals surface area contributed by atoms with Gasteiger partial charge in [-0.05, 0) is 48.7 Å². The first-order valence-electron chi connectivity index (χ1n) is 7.43. The lowest BCUT2D eigenvalue weighted by Gasteiger charge is -2.18. The average Bonchev–Trinajstić information content (AvgIpc) is 2.93. The Bertz CT molecular complexity index is 1080. The number of oxazole rings is 1. The quantitative estimate of drug-likeness (QED) is 0.757. The molecule has 1 aliphatic heterocycles. The van der Waals surface area contributed by atoms with E-state index in [1.807, 2.05) is 0 Å². The van der Waals surface area contributed by atoms with Crippen molar-refractivity contribution < 1.29 is 17.6 Å². The van der Waals surface area contributed by atoms with Crippen LogP contribution >= 0.6 is 0 Å². The number of anilines is 1. The number of hydrogen-bond acceptors (Lipinski definition) is 5. The zero-order valence-corrected chi connectivity index (χ0v) is 13.4. The van der Waals surface area contributed by atoms with Gasteiger partial charge >= 0.3 is 5.76 Å².